The van der Waals surface area contributed by atoms with E-state index in [4.69, 9.17) is 0 Å². The van der Waals surface area contributed by atoms with E-state index in [1.54, 1.807) is 0 Å². The zero-order valence-electron chi connectivity index (χ0n) is 7.01. The van der Waals surface area contributed by atoms with Gasteiger partial charge in [0, 0.05) is 18.1 Å². The lowest BCUT2D eigenvalue weighted by Gasteiger charge is -2.15. The molecule has 0 spiro atoms. The molecule has 1 aromatic carbocycles. The van der Waals surface area contributed by atoms with Gasteiger partial charge in [-0.2, -0.15) is 0 Å². The van der Waals surface area contributed by atoms with Gasteiger partial charge in [-0.15, -0.1) is 0 Å². The highest BCUT2D eigenvalue weighted by Gasteiger charge is 2.12. The van der Waals surface area contributed by atoms with Crippen LogP contribution in [0.3, 0.4) is 0 Å². The zero-order valence-corrected chi connectivity index (χ0v) is 7.01. The van der Waals surface area contributed by atoms with Crippen molar-refractivity contribution in [1.29, 1.82) is 0 Å². The first kappa shape index (κ1) is 7.28. The predicted molar refractivity (Wildman–Crippen MR) is 51.6 cm³/mol. The second-order valence-corrected chi connectivity index (χ2v) is 2.82. The molecule has 0 saturated heterocycles. The van der Waals surface area contributed by atoms with E-state index in [-0.39, 0.29) is 0 Å². The summed E-state index contributed by atoms with van der Waals surface area (Å²) in [6, 6.07) is 10.3. The molecule has 1 aromatic rings. The molecule has 1 heterocycles. The SMILES string of the molecule is CN1[B]N(c2ccccc2)C=C1. The summed E-state index contributed by atoms with van der Waals surface area (Å²) in [6.45, 7) is 0. The quantitative estimate of drug-likeness (QED) is 0.569. The van der Waals surface area contributed by atoms with E-state index in [1.165, 1.54) is 5.69 Å². The van der Waals surface area contributed by atoms with Crippen LogP contribution in [0.25, 0.3) is 0 Å². The van der Waals surface area contributed by atoms with Crippen LogP contribution >= 0.6 is 0 Å². The summed E-state index contributed by atoms with van der Waals surface area (Å²) in [5.74, 6) is 0. The van der Waals surface area contributed by atoms with Gasteiger partial charge in [0.1, 0.15) is 0 Å². The molecule has 1 aliphatic rings. The number of hydrogen-bond donors (Lipinski definition) is 0. The number of benzene rings is 1. The number of anilines is 1. The second-order valence-electron chi connectivity index (χ2n) is 2.82. The highest BCUT2D eigenvalue weighted by atomic mass is 15.2. The van der Waals surface area contributed by atoms with E-state index in [9.17, 15) is 0 Å². The van der Waals surface area contributed by atoms with Gasteiger partial charge in [-0.05, 0) is 19.2 Å². The number of rotatable bonds is 1. The highest BCUT2D eigenvalue weighted by molar-refractivity contribution is 6.40. The number of nitrogens with zero attached hydrogens (tertiary/aromatic N) is 2. The first-order valence-corrected chi connectivity index (χ1v) is 3.95. The predicted octanol–water partition coefficient (Wildman–Crippen LogP) is 1.44. The van der Waals surface area contributed by atoms with Crippen LogP contribution in [0.1, 0.15) is 0 Å². The first-order valence-electron chi connectivity index (χ1n) is 3.95. The lowest BCUT2D eigenvalue weighted by atomic mass is 10.1. The Morgan fingerprint density at radius 1 is 1.08 bits per heavy atom. The van der Waals surface area contributed by atoms with Crippen LogP contribution in [0.15, 0.2) is 42.7 Å². The Kier molecular flexibility index (Phi) is 1.78. The molecule has 0 amide bonds. The fourth-order valence-electron chi connectivity index (χ4n) is 1.20. The van der Waals surface area contributed by atoms with E-state index in [2.05, 4.69) is 16.9 Å². The van der Waals surface area contributed by atoms with E-state index in [0.29, 0.717) is 0 Å². The van der Waals surface area contributed by atoms with Gasteiger partial charge in [-0.1, -0.05) is 18.2 Å². The molecule has 2 rings (SSSR count). The minimum Gasteiger partial charge on any atom is -0.406 e. The molecule has 1 radical (unpaired) electrons. The van der Waals surface area contributed by atoms with Crippen molar-refractivity contribution in [2.75, 3.05) is 11.9 Å². The van der Waals surface area contributed by atoms with E-state index >= 15 is 0 Å². The first-order chi connectivity index (χ1) is 5.86. The summed E-state index contributed by atoms with van der Waals surface area (Å²) in [6.07, 6.45) is 4.06. The van der Waals surface area contributed by atoms with Gasteiger partial charge in [-0.25, -0.2) is 0 Å². The van der Waals surface area contributed by atoms with Gasteiger partial charge in [0.15, 0.2) is 0 Å². The summed E-state index contributed by atoms with van der Waals surface area (Å²) in [7, 11) is 4.05. The Hall–Kier alpha value is -1.38. The van der Waals surface area contributed by atoms with Crippen LogP contribution in [0.2, 0.25) is 0 Å². The Bertz CT molecular complexity index is 284. The Balaban J connectivity index is 2.18. The minimum absolute atomic E-state index is 1.19. The fraction of sp³-hybridized carbons (Fsp3) is 0.111. The van der Waals surface area contributed by atoms with Gasteiger partial charge in [0.25, 0.3) is 0 Å². The maximum absolute atomic E-state index is 2.08. The third kappa shape index (κ3) is 1.30. The van der Waals surface area contributed by atoms with Crippen molar-refractivity contribution >= 4 is 13.2 Å². The average Bonchev–Trinajstić information content (AvgIpc) is 2.54. The van der Waals surface area contributed by atoms with Crippen LogP contribution in [0.5, 0.6) is 0 Å². The van der Waals surface area contributed by atoms with Crippen LogP contribution < -0.4 is 4.81 Å². The molecule has 1 aliphatic heterocycles. The number of hydrogen-bond acceptors (Lipinski definition) is 2. The smallest absolute Gasteiger partial charge is 0.395 e. The molecule has 0 aliphatic carbocycles. The van der Waals surface area contributed by atoms with E-state index < -0.39 is 0 Å². The highest BCUT2D eigenvalue weighted by Crippen LogP contribution is 2.15. The maximum Gasteiger partial charge on any atom is 0.395 e. The van der Waals surface area contributed by atoms with Crippen molar-refractivity contribution in [2.24, 2.45) is 0 Å². The summed E-state index contributed by atoms with van der Waals surface area (Å²) in [5, 5.41) is 0. The average molecular weight is 157 g/mol. The van der Waals surface area contributed by atoms with E-state index in [1.807, 2.05) is 50.0 Å². The molecular formula is C9H10BN2. The Labute approximate surface area is 73.4 Å². The van der Waals surface area contributed by atoms with Gasteiger partial charge >= 0.3 is 7.55 Å². The molecule has 3 heteroatoms. The van der Waals surface area contributed by atoms with Gasteiger partial charge in [-0.3, -0.25) is 0 Å². The molecule has 59 valence electrons. The van der Waals surface area contributed by atoms with E-state index in [0.717, 1.165) is 0 Å². The van der Waals surface area contributed by atoms with Crippen molar-refractivity contribution < 1.29 is 0 Å². The molecule has 0 fully saturated rings. The van der Waals surface area contributed by atoms with Crippen molar-refractivity contribution in [2.45, 2.75) is 0 Å². The molecule has 0 atom stereocenters. The molecular weight excluding hydrogens is 147 g/mol. The number of para-hydroxylation sites is 1. The Morgan fingerprint density at radius 3 is 2.42 bits per heavy atom. The molecule has 2 nitrogen and oxygen atoms in total. The molecule has 0 saturated carbocycles. The third-order valence-corrected chi connectivity index (χ3v) is 1.82. The third-order valence-electron chi connectivity index (χ3n) is 1.82. The maximum atomic E-state index is 2.08. The summed E-state index contributed by atoms with van der Waals surface area (Å²) < 4.78 is 0. The normalized spacial score (nSPS) is 15.1. The largest absolute Gasteiger partial charge is 0.406 e. The van der Waals surface area contributed by atoms with Crippen LogP contribution in [-0.4, -0.2) is 19.4 Å². The summed E-state index contributed by atoms with van der Waals surface area (Å²) >= 11 is 0. The molecule has 0 aromatic heterocycles. The lowest BCUT2D eigenvalue weighted by molar-refractivity contribution is 0.746. The molecule has 0 unspecified atom stereocenters. The van der Waals surface area contributed by atoms with Crippen LogP contribution in [0.4, 0.5) is 5.69 Å². The van der Waals surface area contributed by atoms with Crippen LogP contribution in [0, 0.1) is 0 Å². The monoisotopic (exact) mass is 157 g/mol. The standard InChI is InChI=1S/C9H10BN2/c1-11-7-8-12(10-11)9-5-3-2-4-6-9/h2-8H,1H3. The van der Waals surface area contributed by atoms with Crippen molar-refractivity contribution in [3.63, 3.8) is 0 Å². The van der Waals surface area contributed by atoms with Gasteiger partial charge < -0.3 is 9.62 Å². The van der Waals surface area contributed by atoms with Crippen molar-refractivity contribution in [3.8, 4) is 0 Å². The summed E-state index contributed by atoms with van der Waals surface area (Å²) in [5.41, 5.74) is 1.19. The molecule has 12 heavy (non-hydrogen) atoms. The van der Waals surface area contributed by atoms with Gasteiger partial charge in [0.05, 0.1) is 0 Å². The Morgan fingerprint density at radius 2 is 1.83 bits per heavy atom. The molecule has 0 N–H and O–H groups in total. The van der Waals surface area contributed by atoms with Gasteiger partial charge in [0.2, 0.25) is 0 Å². The zero-order chi connectivity index (χ0) is 8.39. The minimum atomic E-state index is 1.19. The van der Waals surface area contributed by atoms with Crippen LogP contribution in [-0.2, 0) is 0 Å². The molecule has 0 bridgehead atoms. The topological polar surface area (TPSA) is 6.48 Å². The van der Waals surface area contributed by atoms with Crippen molar-refractivity contribution in [1.82, 2.24) is 4.81 Å². The fourth-order valence-corrected chi connectivity index (χ4v) is 1.20. The lowest BCUT2D eigenvalue weighted by Crippen LogP contribution is -2.26. The summed E-state index contributed by atoms with van der Waals surface area (Å²) in [4.78, 5) is 4.10. The second kappa shape index (κ2) is 2.93. The van der Waals surface area contributed by atoms with Crippen molar-refractivity contribution in [3.05, 3.63) is 42.7 Å².